The van der Waals surface area contributed by atoms with Crippen molar-refractivity contribution in [2.24, 2.45) is 11.8 Å². The number of aromatic nitrogens is 1. The maximum atomic E-state index is 5.82. The molecule has 2 aromatic rings. The van der Waals surface area contributed by atoms with E-state index in [0.29, 0.717) is 11.8 Å². The van der Waals surface area contributed by atoms with E-state index < -0.39 is 0 Å². The lowest BCUT2D eigenvalue weighted by atomic mass is 9.99. The minimum absolute atomic E-state index is 0.209. The number of aryl methyl sites for hydroxylation is 2. The molecule has 3 atom stereocenters. The summed E-state index contributed by atoms with van der Waals surface area (Å²) in [5.41, 5.74) is 7.78. The second kappa shape index (κ2) is 5.35. The van der Waals surface area contributed by atoms with Crippen LogP contribution in [0.25, 0.3) is 0 Å². The van der Waals surface area contributed by atoms with Crippen LogP contribution >= 0.6 is 0 Å². The maximum absolute atomic E-state index is 5.82. The van der Waals surface area contributed by atoms with Gasteiger partial charge in [0.05, 0.1) is 0 Å². The number of hydrazine groups is 1. The van der Waals surface area contributed by atoms with Crippen LogP contribution in [0.4, 0.5) is 0 Å². The molecule has 0 aliphatic heterocycles. The summed E-state index contributed by atoms with van der Waals surface area (Å²) in [5.74, 6) is 7.01. The van der Waals surface area contributed by atoms with E-state index >= 15 is 0 Å². The zero-order chi connectivity index (χ0) is 14.1. The monoisotopic (exact) mass is 267 g/mol. The second-order valence-corrected chi connectivity index (χ2v) is 5.74. The predicted molar refractivity (Wildman–Crippen MR) is 81.1 cm³/mol. The van der Waals surface area contributed by atoms with Gasteiger partial charge >= 0.3 is 0 Å². The van der Waals surface area contributed by atoms with Crippen molar-refractivity contribution >= 4 is 0 Å². The van der Waals surface area contributed by atoms with E-state index in [1.807, 2.05) is 13.8 Å². The molecule has 0 radical (unpaired) electrons. The largest absolute Gasteiger partial charge is 0.271 e. The Morgan fingerprint density at radius 1 is 1.15 bits per heavy atom. The summed E-state index contributed by atoms with van der Waals surface area (Å²) in [7, 11) is 0. The Hall–Kier alpha value is -1.71. The van der Waals surface area contributed by atoms with Crippen LogP contribution in [-0.4, -0.2) is 4.98 Å². The molecule has 3 rings (SSSR count). The molecule has 1 aliphatic rings. The van der Waals surface area contributed by atoms with E-state index in [0.717, 1.165) is 11.4 Å². The quantitative estimate of drug-likeness (QED) is 0.661. The third kappa shape index (κ3) is 2.60. The lowest BCUT2D eigenvalue weighted by molar-refractivity contribution is 0.486. The van der Waals surface area contributed by atoms with Crippen LogP contribution in [-0.2, 0) is 0 Å². The van der Waals surface area contributed by atoms with E-state index in [1.54, 1.807) is 0 Å². The predicted octanol–water partition coefficient (Wildman–Crippen LogP) is 3.01. The molecule has 1 saturated carbocycles. The van der Waals surface area contributed by atoms with Crippen molar-refractivity contribution < 1.29 is 0 Å². The molecule has 3 heteroatoms. The summed E-state index contributed by atoms with van der Waals surface area (Å²) in [5, 5.41) is 0. The van der Waals surface area contributed by atoms with Crippen LogP contribution in [0.3, 0.4) is 0 Å². The Kier molecular flexibility index (Phi) is 3.55. The van der Waals surface area contributed by atoms with Crippen LogP contribution in [0.1, 0.15) is 40.9 Å². The molecule has 0 bridgehead atoms. The molecule has 1 fully saturated rings. The molecule has 1 aliphatic carbocycles. The molecule has 1 heterocycles. The zero-order valence-corrected chi connectivity index (χ0v) is 12.0. The van der Waals surface area contributed by atoms with Crippen molar-refractivity contribution in [2.45, 2.75) is 32.2 Å². The number of nitrogens with two attached hydrogens (primary N) is 1. The molecule has 1 aromatic carbocycles. The third-order valence-corrected chi connectivity index (χ3v) is 4.14. The molecule has 1 aromatic heterocycles. The average Bonchev–Trinajstić information content (AvgIpc) is 3.20. The summed E-state index contributed by atoms with van der Waals surface area (Å²) >= 11 is 0. The number of nitrogens with zero attached hydrogens (tertiary/aromatic N) is 1. The zero-order valence-electron chi connectivity index (χ0n) is 12.0. The fourth-order valence-corrected chi connectivity index (χ4v) is 3.18. The number of pyridine rings is 1. The number of hydrogen-bond acceptors (Lipinski definition) is 3. The van der Waals surface area contributed by atoms with Crippen molar-refractivity contribution in [1.29, 1.82) is 0 Å². The van der Waals surface area contributed by atoms with Gasteiger partial charge in [-0.3, -0.25) is 16.3 Å². The van der Waals surface area contributed by atoms with Crippen molar-refractivity contribution in [1.82, 2.24) is 10.4 Å². The van der Waals surface area contributed by atoms with Crippen LogP contribution in [0.5, 0.6) is 0 Å². The summed E-state index contributed by atoms with van der Waals surface area (Å²) in [4.78, 5) is 4.44. The topological polar surface area (TPSA) is 50.9 Å². The van der Waals surface area contributed by atoms with Crippen molar-refractivity contribution in [3.63, 3.8) is 0 Å². The Morgan fingerprint density at radius 3 is 2.40 bits per heavy atom. The SMILES string of the molecule is Cc1cc(C(NN)C2CC2c2ccccc2)cc(C)n1. The standard InChI is InChI=1S/C17H21N3/c1-11-8-14(9-12(2)19-11)17(20-18)16-10-15(16)13-6-4-3-5-7-13/h3-9,15-17,20H,10,18H2,1-2H3. The van der Waals surface area contributed by atoms with Gasteiger partial charge in [-0.15, -0.1) is 0 Å². The lowest BCUT2D eigenvalue weighted by Crippen LogP contribution is -2.30. The average molecular weight is 267 g/mol. The highest BCUT2D eigenvalue weighted by molar-refractivity contribution is 5.31. The molecule has 0 saturated heterocycles. The fourth-order valence-electron chi connectivity index (χ4n) is 3.18. The van der Waals surface area contributed by atoms with Gasteiger partial charge < -0.3 is 0 Å². The molecule has 20 heavy (non-hydrogen) atoms. The van der Waals surface area contributed by atoms with Crippen LogP contribution in [0, 0.1) is 19.8 Å². The number of rotatable bonds is 4. The Morgan fingerprint density at radius 2 is 1.80 bits per heavy atom. The molecule has 3 unspecified atom stereocenters. The first-order chi connectivity index (χ1) is 9.69. The van der Waals surface area contributed by atoms with Gasteiger partial charge in [0.2, 0.25) is 0 Å². The first kappa shape index (κ1) is 13.3. The Balaban J connectivity index is 1.82. The van der Waals surface area contributed by atoms with Crippen LogP contribution in [0.2, 0.25) is 0 Å². The smallest absolute Gasteiger partial charge is 0.0495 e. The Bertz CT molecular complexity index is 574. The number of benzene rings is 1. The van der Waals surface area contributed by atoms with Crippen molar-refractivity contribution in [3.05, 3.63) is 65.0 Å². The highest BCUT2D eigenvalue weighted by atomic mass is 15.2. The van der Waals surface area contributed by atoms with Crippen molar-refractivity contribution in [3.8, 4) is 0 Å². The van der Waals surface area contributed by atoms with Gasteiger partial charge in [0.1, 0.15) is 0 Å². The van der Waals surface area contributed by atoms with Crippen molar-refractivity contribution in [2.75, 3.05) is 0 Å². The molecular formula is C17H21N3. The second-order valence-electron chi connectivity index (χ2n) is 5.74. The number of nitrogens with one attached hydrogen (secondary N) is 1. The van der Waals surface area contributed by atoms with E-state index in [-0.39, 0.29) is 6.04 Å². The third-order valence-electron chi connectivity index (χ3n) is 4.14. The van der Waals surface area contributed by atoms with Gasteiger partial charge in [0.25, 0.3) is 0 Å². The highest BCUT2D eigenvalue weighted by Gasteiger charge is 2.44. The lowest BCUT2D eigenvalue weighted by Gasteiger charge is -2.17. The molecular weight excluding hydrogens is 246 g/mol. The van der Waals surface area contributed by atoms with Gasteiger partial charge in [-0.25, -0.2) is 0 Å². The maximum Gasteiger partial charge on any atom is 0.0495 e. The molecule has 0 amide bonds. The van der Waals surface area contributed by atoms with Gasteiger partial charge in [-0.05, 0) is 55.4 Å². The van der Waals surface area contributed by atoms with Gasteiger partial charge in [-0.1, -0.05) is 30.3 Å². The normalized spacial score (nSPS) is 22.6. The van der Waals surface area contributed by atoms with Crippen LogP contribution in [0.15, 0.2) is 42.5 Å². The minimum atomic E-state index is 0.209. The Labute approximate surface area is 120 Å². The summed E-state index contributed by atoms with van der Waals surface area (Å²) in [6.45, 7) is 4.07. The minimum Gasteiger partial charge on any atom is -0.271 e. The van der Waals surface area contributed by atoms with Crippen LogP contribution < -0.4 is 11.3 Å². The van der Waals surface area contributed by atoms with E-state index in [1.165, 1.54) is 17.5 Å². The molecule has 0 spiro atoms. The fraction of sp³-hybridized carbons (Fsp3) is 0.353. The van der Waals surface area contributed by atoms with E-state index in [2.05, 4.69) is 52.9 Å². The number of hydrogen-bond donors (Lipinski definition) is 2. The van der Waals surface area contributed by atoms with Gasteiger partial charge in [-0.2, -0.15) is 0 Å². The summed E-state index contributed by atoms with van der Waals surface area (Å²) < 4.78 is 0. The van der Waals surface area contributed by atoms with E-state index in [4.69, 9.17) is 5.84 Å². The molecule has 104 valence electrons. The molecule has 3 nitrogen and oxygen atoms in total. The summed E-state index contributed by atoms with van der Waals surface area (Å²) in [6.07, 6.45) is 1.19. The van der Waals surface area contributed by atoms with Gasteiger partial charge in [0.15, 0.2) is 0 Å². The molecule has 3 N–H and O–H groups in total. The van der Waals surface area contributed by atoms with Gasteiger partial charge in [0, 0.05) is 17.4 Å². The van der Waals surface area contributed by atoms with E-state index in [9.17, 15) is 0 Å². The first-order valence-electron chi connectivity index (χ1n) is 7.15. The highest BCUT2D eigenvalue weighted by Crippen LogP contribution is 2.53. The first-order valence-corrected chi connectivity index (χ1v) is 7.15. The summed E-state index contributed by atoms with van der Waals surface area (Å²) in [6, 6.07) is 15.2.